The van der Waals surface area contributed by atoms with Crippen LogP contribution in [0.2, 0.25) is 0 Å². The monoisotopic (exact) mass is 271 g/mol. The van der Waals surface area contributed by atoms with Crippen molar-refractivity contribution in [3.05, 3.63) is 49.5 Å². The average Bonchev–Trinajstić information content (AvgIpc) is 2.67. The quantitative estimate of drug-likeness (QED) is 0.854. The molecule has 0 atom stereocenters. The van der Waals surface area contributed by atoms with Gasteiger partial charge < -0.3 is 4.52 Å². The Morgan fingerprint density at radius 2 is 2.33 bits per heavy atom. The van der Waals surface area contributed by atoms with Gasteiger partial charge in [-0.3, -0.25) is 14.3 Å². The van der Waals surface area contributed by atoms with E-state index in [0.717, 1.165) is 0 Å². The van der Waals surface area contributed by atoms with Crippen LogP contribution in [0.25, 0.3) is 0 Å². The van der Waals surface area contributed by atoms with Crippen molar-refractivity contribution >= 4 is 15.9 Å². The van der Waals surface area contributed by atoms with Crippen LogP contribution < -0.4 is 11.2 Å². The Labute approximate surface area is 91.7 Å². The van der Waals surface area contributed by atoms with Gasteiger partial charge >= 0.3 is 5.69 Å². The number of hydrogen-bond acceptors (Lipinski definition) is 4. The highest BCUT2D eigenvalue weighted by Crippen LogP contribution is 2.02. The highest BCUT2D eigenvalue weighted by molar-refractivity contribution is 9.10. The Hall–Kier alpha value is -1.63. The third-order valence-electron chi connectivity index (χ3n) is 1.78. The molecule has 0 saturated carbocycles. The number of rotatable bonds is 2. The maximum atomic E-state index is 11.3. The first kappa shape index (κ1) is 9.91. The lowest BCUT2D eigenvalue weighted by molar-refractivity contribution is 0.374. The van der Waals surface area contributed by atoms with Crippen LogP contribution >= 0.6 is 15.9 Å². The van der Waals surface area contributed by atoms with E-state index in [4.69, 9.17) is 4.52 Å². The molecular formula is C8H6BrN3O3. The van der Waals surface area contributed by atoms with Crippen LogP contribution in [0, 0.1) is 0 Å². The molecule has 0 spiro atoms. The topological polar surface area (TPSA) is 80.9 Å². The molecule has 2 heterocycles. The summed E-state index contributed by atoms with van der Waals surface area (Å²) in [5.74, 6) is 0.538. The molecule has 7 heteroatoms. The molecular weight excluding hydrogens is 266 g/mol. The van der Waals surface area contributed by atoms with Gasteiger partial charge in [0.05, 0.1) is 17.2 Å². The fourth-order valence-corrected chi connectivity index (χ4v) is 1.44. The van der Waals surface area contributed by atoms with Crippen molar-refractivity contribution in [2.75, 3.05) is 0 Å². The summed E-state index contributed by atoms with van der Waals surface area (Å²) in [5, 5.41) is 3.51. The van der Waals surface area contributed by atoms with Crippen molar-refractivity contribution in [3.63, 3.8) is 0 Å². The molecule has 78 valence electrons. The summed E-state index contributed by atoms with van der Waals surface area (Å²) in [7, 11) is 0. The van der Waals surface area contributed by atoms with Crippen LogP contribution in [0.15, 0.2) is 37.0 Å². The first-order chi connectivity index (χ1) is 7.16. The van der Waals surface area contributed by atoms with E-state index in [2.05, 4.69) is 26.1 Å². The Balaban J connectivity index is 2.42. The fourth-order valence-electron chi connectivity index (χ4n) is 1.09. The lowest BCUT2D eigenvalue weighted by Gasteiger charge is -2.01. The maximum Gasteiger partial charge on any atom is 0.328 e. The Kier molecular flexibility index (Phi) is 2.55. The molecule has 0 bridgehead atoms. The van der Waals surface area contributed by atoms with E-state index in [9.17, 15) is 9.59 Å². The Morgan fingerprint density at radius 1 is 1.53 bits per heavy atom. The van der Waals surface area contributed by atoms with Crippen molar-refractivity contribution in [3.8, 4) is 0 Å². The first-order valence-corrected chi connectivity index (χ1v) is 4.85. The van der Waals surface area contributed by atoms with Gasteiger partial charge in [0.15, 0.2) is 5.76 Å². The molecule has 0 saturated heterocycles. The maximum absolute atomic E-state index is 11.3. The van der Waals surface area contributed by atoms with E-state index < -0.39 is 11.2 Å². The third kappa shape index (κ3) is 2.07. The second kappa shape index (κ2) is 3.85. The minimum absolute atomic E-state index is 0.230. The molecule has 0 amide bonds. The highest BCUT2D eigenvalue weighted by Gasteiger charge is 2.04. The zero-order valence-corrected chi connectivity index (χ0v) is 9.02. The van der Waals surface area contributed by atoms with Gasteiger partial charge in [-0.25, -0.2) is 4.79 Å². The second-order valence-electron chi connectivity index (χ2n) is 2.84. The van der Waals surface area contributed by atoms with Gasteiger partial charge in [-0.05, 0) is 15.9 Å². The summed E-state index contributed by atoms with van der Waals surface area (Å²) in [4.78, 5) is 24.5. The summed E-state index contributed by atoms with van der Waals surface area (Å²) >= 11 is 3.03. The number of aromatic amines is 1. The van der Waals surface area contributed by atoms with Crippen LogP contribution in [0.5, 0.6) is 0 Å². The molecule has 1 N–H and O–H groups in total. The fraction of sp³-hybridized carbons (Fsp3) is 0.125. The smallest absolute Gasteiger partial charge is 0.328 e. The van der Waals surface area contributed by atoms with Gasteiger partial charge in [-0.15, -0.1) is 0 Å². The number of nitrogens with one attached hydrogen (secondary N) is 1. The first-order valence-electron chi connectivity index (χ1n) is 4.05. The molecule has 2 aromatic rings. The summed E-state index contributed by atoms with van der Waals surface area (Å²) in [6.45, 7) is 0.230. The van der Waals surface area contributed by atoms with Crippen LogP contribution in [0.3, 0.4) is 0 Å². The van der Waals surface area contributed by atoms with Gasteiger partial charge in [0, 0.05) is 12.3 Å². The molecule has 6 nitrogen and oxygen atoms in total. The molecule has 0 aromatic carbocycles. The number of halogens is 1. The molecule has 0 aliphatic heterocycles. The zero-order chi connectivity index (χ0) is 10.8. The lowest BCUT2D eigenvalue weighted by atomic mass is 10.4. The molecule has 2 aromatic heterocycles. The predicted molar refractivity (Wildman–Crippen MR) is 54.6 cm³/mol. The van der Waals surface area contributed by atoms with Crippen LogP contribution in [0.4, 0.5) is 0 Å². The van der Waals surface area contributed by atoms with Gasteiger partial charge in [-0.1, -0.05) is 5.16 Å². The van der Waals surface area contributed by atoms with Gasteiger partial charge in [0.2, 0.25) is 0 Å². The van der Waals surface area contributed by atoms with Crippen LogP contribution in [-0.2, 0) is 6.54 Å². The number of H-pyrrole nitrogens is 1. The number of nitrogens with zero attached hydrogens (tertiary/aromatic N) is 2. The second-order valence-corrected chi connectivity index (χ2v) is 3.70. The molecule has 0 radical (unpaired) electrons. The minimum atomic E-state index is -0.486. The van der Waals surface area contributed by atoms with Crippen molar-refractivity contribution in [2.24, 2.45) is 0 Å². The van der Waals surface area contributed by atoms with Crippen molar-refractivity contribution in [2.45, 2.75) is 6.54 Å². The molecule has 2 rings (SSSR count). The molecule has 15 heavy (non-hydrogen) atoms. The molecule has 0 aliphatic rings. The van der Waals surface area contributed by atoms with E-state index in [1.54, 1.807) is 6.07 Å². The zero-order valence-electron chi connectivity index (χ0n) is 7.44. The van der Waals surface area contributed by atoms with Crippen LogP contribution in [0.1, 0.15) is 5.76 Å². The number of hydrogen-bond donors (Lipinski definition) is 1. The van der Waals surface area contributed by atoms with E-state index in [0.29, 0.717) is 10.2 Å². The normalized spacial score (nSPS) is 10.5. The summed E-state index contributed by atoms with van der Waals surface area (Å²) < 4.78 is 6.45. The summed E-state index contributed by atoms with van der Waals surface area (Å²) in [6, 6.07) is 1.64. The average molecular weight is 272 g/mol. The highest BCUT2D eigenvalue weighted by atomic mass is 79.9. The van der Waals surface area contributed by atoms with Crippen LogP contribution in [-0.4, -0.2) is 14.7 Å². The Morgan fingerprint density at radius 3 is 3.00 bits per heavy atom. The van der Waals surface area contributed by atoms with Gasteiger partial charge in [-0.2, -0.15) is 0 Å². The third-order valence-corrected chi connectivity index (χ3v) is 2.35. The Bertz CT molecular complexity index is 570. The lowest BCUT2D eigenvalue weighted by Crippen LogP contribution is -2.29. The largest absolute Gasteiger partial charge is 0.359 e. The molecule has 0 unspecified atom stereocenters. The SMILES string of the molecule is O=c1[nH]c(=O)n(Cc2ccno2)cc1Br. The van der Waals surface area contributed by atoms with E-state index in [1.807, 2.05) is 0 Å². The summed E-state index contributed by atoms with van der Waals surface area (Å²) in [5.41, 5.74) is -0.937. The summed E-state index contributed by atoms with van der Waals surface area (Å²) in [6.07, 6.45) is 2.89. The van der Waals surface area contributed by atoms with E-state index in [-0.39, 0.29) is 6.54 Å². The van der Waals surface area contributed by atoms with Crippen molar-refractivity contribution < 1.29 is 4.52 Å². The number of aromatic nitrogens is 3. The predicted octanol–water partition coefficient (Wildman–Crippen LogP) is 0.335. The van der Waals surface area contributed by atoms with E-state index in [1.165, 1.54) is 17.0 Å². The van der Waals surface area contributed by atoms with Gasteiger partial charge in [0.25, 0.3) is 5.56 Å². The molecule has 0 aliphatic carbocycles. The van der Waals surface area contributed by atoms with Crippen molar-refractivity contribution in [1.82, 2.24) is 14.7 Å². The van der Waals surface area contributed by atoms with Gasteiger partial charge in [0.1, 0.15) is 0 Å². The standard InChI is InChI=1S/C8H6BrN3O3/c9-6-4-12(8(14)11-7(6)13)3-5-1-2-10-15-5/h1-2,4H,3H2,(H,11,13,14). The van der Waals surface area contributed by atoms with E-state index >= 15 is 0 Å². The molecule has 0 fully saturated rings. The van der Waals surface area contributed by atoms with Crippen molar-refractivity contribution in [1.29, 1.82) is 0 Å². The minimum Gasteiger partial charge on any atom is -0.359 e.